The summed E-state index contributed by atoms with van der Waals surface area (Å²) in [7, 11) is 0. The van der Waals surface area contributed by atoms with Crippen molar-refractivity contribution < 1.29 is 9.90 Å². The van der Waals surface area contributed by atoms with Gasteiger partial charge < -0.3 is 10.4 Å². The second kappa shape index (κ2) is 6.10. The molecule has 1 aliphatic carbocycles. The molecular formula is C16H19N3O2. The third kappa shape index (κ3) is 2.97. The zero-order valence-electron chi connectivity index (χ0n) is 11.8. The number of aromatic nitrogens is 2. The van der Waals surface area contributed by atoms with E-state index in [1.165, 1.54) is 0 Å². The molecule has 0 radical (unpaired) electrons. The molecular weight excluding hydrogens is 266 g/mol. The fourth-order valence-electron chi connectivity index (χ4n) is 2.85. The van der Waals surface area contributed by atoms with E-state index in [1.807, 2.05) is 30.5 Å². The molecule has 5 nitrogen and oxygen atoms in total. The van der Waals surface area contributed by atoms with Gasteiger partial charge in [-0.2, -0.15) is 5.10 Å². The minimum Gasteiger partial charge on any atom is -0.393 e. The molecule has 2 unspecified atom stereocenters. The molecule has 1 aromatic heterocycles. The van der Waals surface area contributed by atoms with Crippen LogP contribution in [0.5, 0.6) is 0 Å². The first-order valence-electron chi connectivity index (χ1n) is 7.31. The lowest BCUT2D eigenvalue weighted by Gasteiger charge is -2.16. The van der Waals surface area contributed by atoms with Crippen molar-refractivity contribution in [2.24, 2.45) is 5.92 Å². The third-order valence-electron chi connectivity index (χ3n) is 4.04. The maximum absolute atomic E-state index is 12.4. The molecule has 0 spiro atoms. The average molecular weight is 285 g/mol. The molecule has 2 atom stereocenters. The van der Waals surface area contributed by atoms with Crippen molar-refractivity contribution in [3.8, 4) is 5.69 Å². The third-order valence-corrected chi connectivity index (χ3v) is 4.04. The number of nitrogens with zero attached hydrogens (tertiary/aromatic N) is 2. The molecule has 3 rings (SSSR count). The van der Waals surface area contributed by atoms with Gasteiger partial charge in [-0.15, -0.1) is 0 Å². The molecule has 2 aromatic rings. The molecule has 0 bridgehead atoms. The van der Waals surface area contributed by atoms with Gasteiger partial charge in [-0.3, -0.25) is 4.79 Å². The molecule has 0 aliphatic heterocycles. The Morgan fingerprint density at radius 1 is 1.33 bits per heavy atom. The van der Waals surface area contributed by atoms with Crippen LogP contribution >= 0.6 is 0 Å². The van der Waals surface area contributed by atoms with Crippen LogP contribution in [0, 0.1) is 5.92 Å². The van der Waals surface area contributed by atoms with Crippen molar-refractivity contribution in [2.45, 2.75) is 25.4 Å². The standard InChI is InChI=1S/C16H19N3O2/c20-15-8-3-5-12(15)11-17-16(21)13-6-1-2-7-14(13)19-10-4-9-18-19/h1-2,4,6-7,9-10,12,15,20H,3,5,8,11H2,(H,17,21). The van der Waals surface area contributed by atoms with Crippen molar-refractivity contribution in [3.63, 3.8) is 0 Å². The Kier molecular flexibility index (Phi) is 4.01. The highest BCUT2D eigenvalue weighted by Gasteiger charge is 2.25. The number of rotatable bonds is 4. The largest absolute Gasteiger partial charge is 0.393 e. The summed E-state index contributed by atoms with van der Waals surface area (Å²) in [6.45, 7) is 0.521. The van der Waals surface area contributed by atoms with E-state index in [0.717, 1.165) is 24.9 Å². The lowest BCUT2D eigenvalue weighted by molar-refractivity contribution is 0.0916. The topological polar surface area (TPSA) is 67.2 Å². The van der Waals surface area contributed by atoms with E-state index >= 15 is 0 Å². The first-order valence-corrected chi connectivity index (χ1v) is 7.31. The van der Waals surface area contributed by atoms with Crippen LogP contribution < -0.4 is 5.32 Å². The highest BCUT2D eigenvalue weighted by atomic mass is 16.3. The predicted octanol–water partition coefficient (Wildman–Crippen LogP) is 1.76. The lowest BCUT2D eigenvalue weighted by Crippen LogP contribution is -2.33. The Bertz CT molecular complexity index is 610. The van der Waals surface area contributed by atoms with E-state index in [2.05, 4.69) is 10.4 Å². The van der Waals surface area contributed by atoms with Gasteiger partial charge in [-0.25, -0.2) is 4.68 Å². The van der Waals surface area contributed by atoms with Crippen LogP contribution in [0.2, 0.25) is 0 Å². The summed E-state index contributed by atoms with van der Waals surface area (Å²) in [6, 6.07) is 9.20. The van der Waals surface area contributed by atoms with Crippen molar-refractivity contribution in [1.82, 2.24) is 15.1 Å². The molecule has 110 valence electrons. The average Bonchev–Trinajstić information content (AvgIpc) is 3.16. The number of para-hydroxylation sites is 1. The second-order valence-corrected chi connectivity index (χ2v) is 5.44. The fraction of sp³-hybridized carbons (Fsp3) is 0.375. The number of aliphatic hydroxyl groups is 1. The van der Waals surface area contributed by atoms with Gasteiger partial charge in [0.1, 0.15) is 0 Å². The quantitative estimate of drug-likeness (QED) is 0.899. The van der Waals surface area contributed by atoms with Crippen molar-refractivity contribution in [3.05, 3.63) is 48.3 Å². The monoisotopic (exact) mass is 285 g/mol. The van der Waals surface area contributed by atoms with Crippen LogP contribution in [0.1, 0.15) is 29.6 Å². The Morgan fingerprint density at radius 3 is 2.90 bits per heavy atom. The van der Waals surface area contributed by atoms with Crippen LogP contribution in [-0.4, -0.2) is 33.4 Å². The highest BCUT2D eigenvalue weighted by Crippen LogP contribution is 2.24. The highest BCUT2D eigenvalue weighted by molar-refractivity contribution is 5.97. The first-order chi connectivity index (χ1) is 10.3. The molecule has 1 aliphatic rings. The Morgan fingerprint density at radius 2 is 2.19 bits per heavy atom. The van der Waals surface area contributed by atoms with E-state index < -0.39 is 0 Å². The molecule has 21 heavy (non-hydrogen) atoms. The maximum atomic E-state index is 12.4. The number of carbonyl (C=O) groups excluding carboxylic acids is 1. The summed E-state index contributed by atoms with van der Waals surface area (Å²) < 4.78 is 1.68. The van der Waals surface area contributed by atoms with Gasteiger partial charge >= 0.3 is 0 Å². The molecule has 1 heterocycles. The number of hydrogen-bond donors (Lipinski definition) is 2. The smallest absolute Gasteiger partial charge is 0.253 e. The van der Waals surface area contributed by atoms with Crippen LogP contribution in [0.4, 0.5) is 0 Å². The molecule has 5 heteroatoms. The number of amides is 1. The molecule has 0 saturated heterocycles. The number of carbonyl (C=O) groups is 1. The lowest BCUT2D eigenvalue weighted by atomic mass is 10.1. The van der Waals surface area contributed by atoms with E-state index in [0.29, 0.717) is 12.1 Å². The van der Waals surface area contributed by atoms with E-state index in [-0.39, 0.29) is 17.9 Å². The van der Waals surface area contributed by atoms with Gasteiger partial charge in [-0.05, 0) is 31.0 Å². The predicted molar refractivity (Wildman–Crippen MR) is 79.2 cm³/mol. The summed E-state index contributed by atoms with van der Waals surface area (Å²) in [4.78, 5) is 12.4. The zero-order chi connectivity index (χ0) is 14.7. The van der Waals surface area contributed by atoms with E-state index in [1.54, 1.807) is 16.9 Å². The summed E-state index contributed by atoms with van der Waals surface area (Å²) in [5, 5.41) is 16.9. The normalized spacial score (nSPS) is 21.4. The van der Waals surface area contributed by atoms with Crippen LogP contribution in [0.3, 0.4) is 0 Å². The summed E-state index contributed by atoms with van der Waals surface area (Å²) in [6.07, 6.45) is 6.06. The van der Waals surface area contributed by atoms with Gasteiger partial charge in [-0.1, -0.05) is 18.6 Å². The first kappa shape index (κ1) is 13.8. The van der Waals surface area contributed by atoms with Gasteiger partial charge in [0.15, 0.2) is 0 Å². The molecule has 1 aromatic carbocycles. The number of hydrogen-bond acceptors (Lipinski definition) is 3. The summed E-state index contributed by atoms with van der Waals surface area (Å²) >= 11 is 0. The maximum Gasteiger partial charge on any atom is 0.253 e. The molecule has 2 N–H and O–H groups in total. The zero-order valence-corrected chi connectivity index (χ0v) is 11.8. The van der Waals surface area contributed by atoms with Gasteiger partial charge in [0.05, 0.1) is 17.4 Å². The molecule has 1 amide bonds. The van der Waals surface area contributed by atoms with Crippen molar-refractivity contribution in [2.75, 3.05) is 6.54 Å². The van der Waals surface area contributed by atoms with Crippen molar-refractivity contribution >= 4 is 5.91 Å². The van der Waals surface area contributed by atoms with E-state index in [4.69, 9.17) is 0 Å². The SMILES string of the molecule is O=C(NCC1CCCC1O)c1ccccc1-n1cccn1. The van der Waals surface area contributed by atoms with Crippen molar-refractivity contribution in [1.29, 1.82) is 0 Å². The minimum absolute atomic E-state index is 0.125. The number of aliphatic hydroxyl groups excluding tert-OH is 1. The fourth-order valence-corrected chi connectivity index (χ4v) is 2.85. The number of benzene rings is 1. The summed E-state index contributed by atoms with van der Waals surface area (Å²) in [5.74, 6) is 0.0472. The Labute approximate surface area is 123 Å². The minimum atomic E-state index is -0.286. The summed E-state index contributed by atoms with van der Waals surface area (Å²) in [5.41, 5.74) is 1.35. The number of nitrogens with one attached hydrogen (secondary N) is 1. The van der Waals surface area contributed by atoms with E-state index in [9.17, 15) is 9.90 Å². The van der Waals surface area contributed by atoms with Gasteiger partial charge in [0.25, 0.3) is 5.91 Å². The second-order valence-electron chi connectivity index (χ2n) is 5.44. The van der Waals surface area contributed by atoms with Gasteiger partial charge in [0.2, 0.25) is 0 Å². The molecule has 1 fully saturated rings. The van der Waals surface area contributed by atoms with Crippen LogP contribution in [0.25, 0.3) is 5.69 Å². The van der Waals surface area contributed by atoms with Crippen LogP contribution in [-0.2, 0) is 0 Å². The Hall–Kier alpha value is -2.14. The van der Waals surface area contributed by atoms with Gasteiger partial charge in [0, 0.05) is 24.9 Å². The molecule has 1 saturated carbocycles. The van der Waals surface area contributed by atoms with Crippen LogP contribution in [0.15, 0.2) is 42.7 Å². The Balaban J connectivity index is 1.73.